The summed E-state index contributed by atoms with van der Waals surface area (Å²) in [6.45, 7) is 0.437. The summed E-state index contributed by atoms with van der Waals surface area (Å²) < 4.78 is 0. The zero-order valence-electron chi connectivity index (χ0n) is 12.9. The Kier molecular flexibility index (Phi) is 5.08. The second-order valence-corrected chi connectivity index (χ2v) is 5.70. The minimum Gasteiger partial charge on any atom is -0.354 e. The van der Waals surface area contributed by atoms with Gasteiger partial charge in [-0.25, -0.2) is 0 Å². The molecule has 3 aromatic rings. The maximum atomic E-state index is 12.3. The van der Waals surface area contributed by atoms with E-state index in [4.69, 9.17) is 11.6 Å². The average Bonchev–Trinajstić information content (AvgIpc) is 2.62. The van der Waals surface area contributed by atoms with E-state index in [0.717, 1.165) is 16.9 Å². The molecular formula is C19H16ClN3O. The van der Waals surface area contributed by atoms with Crippen molar-refractivity contribution in [3.8, 4) is 0 Å². The van der Waals surface area contributed by atoms with Gasteiger partial charge in [-0.15, -0.1) is 0 Å². The molecule has 0 unspecified atom stereocenters. The highest BCUT2D eigenvalue weighted by atomic mass is 35.5. The highest BCUT2D eigenvalue weighted by molar-refractivity contribution is 6.30. The Labute approximate surface area is 145 Å². The third-order valence-electron chi connectivity index (χ3n) is 3.43. The summed E-state index contributed by atoms with van der Waals surface area (Å²) in [6.07, 6.45) is 3.23. The van der Waals surface area contributed by atoms with Crippen molar-refractivity contribution in [3.63, 3.8) is 0 Å². The standard InChI is InChI=1S/C19H16ClN3O/c20-16-8-6-14(7-9-16)11-22-19(24)15-10-18(13-21-12-15)23-17-4-2-1-3-5-17/h1-10,12-13,23H,11H2,(H,22,24). The van der Waals surface area contributed by atoms with Crippen molar-refractivity contribution in [2.24, 2.45) is 0 Å². The second kappa shape index (κ2) is 7.62. The number of para-hydroxylation sites is 1. The van der Waals surface area contributed by atoms with Gasteiger partial charge in [0.2, 0.25) is 0 Å². The Balaban J connectivity index is 1.64. The van der Waals surface area contributed by atoms with Crippen LogP contribution >= 0.6 is 11.6 Å². The Morgan fingerprint density at radius 1 is 0.958 bits per heavy atom. The van der Waals surface area contributed by atoms with E-state index in [-0.39, 0.29) is 5.91 Å². The molecule has 1 aromatic heterocycles. The van der Waals surface area contributed by atoms with E-state index in [1.807, 2.05) is 42.5 Å². The molecule has 120 valence electrons. The molecule has 0 aliphatic rings. The van der Waals surface area contributed by atoms with Gasteiger partial charge in [0.25, 0.3) is 5.91 Å². The smallest absolute Gasteiger partial charge is 0.253 e. The molecule has 4 nitrogen and oxygen atoms in total. The van der Waals surface area contributed by atoms with Gasteiger partial charge in [0, 0.05) is 23.5 Å². The van der Waals surface area contributed by atoms with Crippen molar-refractivity contribution in [3.05, 3.63) is 89.2 Å². The Hall–Kier alpha value is -2.85. The van der Waals surface area contributed by atoms with Crippen LogP contribution in [0.1, 0.15) is 15.9 Å². The van der Waals surface area contributed by atoms with Crippen LogP contribution in [0.3, 0.4) is 0 Å². The maximum absolute atomic E-state index is 12.3. The van der Waals surface area contributed by atoms with Crippen LogP contribution in [0.2, 0.25) is 5.02 Å². The quantitative estimate of drug-likeness (QED) is 0.725. The van der Waals surface area contributed by atoms with E-state index in [1.165, 1.54) is 0 Å². The number of amides is 1. The second-order valence-electron chi connectivity index (χ2n) is 5.26. The lowest BCUT2D eigenvalue weighted by Crippen LogP contribution is -2.23. The van der Waals surface area contributed by atoms with Gasteiger partial charge in [-0.05, 0) is 35.9 Å². The number of hydrogen-bond acceptors (Lipinski definition) is 3. The van der Waals surface area contributed by atoms with Gasteiger partial charge >= 0.3 is 0 Å². The van der Waals surface area contributed by atoms with Crippen molar-refractivity contribution in [1.29, 1.82) is 0 Å². The predicted molar refractivity (Wildman–Crippen MR) is 96.6 cm³/mol. The summed E-state index contributed by atoms with van der Waals surface area (Å²) in [5.41, 5.74) is 3.20. The maximum Gasteiger partial charge on any atom is 0.253 e. The predicted octanol–water partition coefficient (Wildman–Crippen LogP) is 4.41. The molecule has 0 radical (unpaired) electrons. The molecular weight excluding hydrogens is 322 g/mol. The number of benzene rings is 2. The third kappa shape index (κ3) is 4.33. The number of rotatable bonds is 5. The molecule has 0 saturated heterocycles. The third-order valence-corrected chi connectivity index (χ3v) is 3.68. The zero-order chi connectivity index (χ0) is 16.8. The van der Waals surface area contributed by atoms with E-state index in [2.05, 4.69) is 15.6 Å². The Bertz CT molecular complexity index is 820. The number of halogens is 1. The van der Waals surface area contributed by atoms with E-state index in [9.17, 15) is 4.79 Å². The van der Waals surface area contributed by atoms with Crippen molar-refractivity contribution >= 4 is 28.9 Å². The molecule has 2 aromatic carbocycles. The fourth-order valence-electron chi connectivity index (χ4n) is 2.21. The van der Waals surface area contributed by atoms with Crippen molar-refractivity contribution < 1.29 is 4.79 Å². The van der Waals surface area contributed by atoms with E-state index in [0.29, 0.717) is 17.1 Å². The molecule has 0 aliphatic heterocycles. The summed E-state index contributed by atoms with van der Waals surface area (Å²) in [7, 11) is 0. The van der Waals surface area contributed by atoms with Crippen molar-refractivity contribution in [2.75, 3.05) is 5.32 Å². The van der Waals surface area contributed by atoms with Crippen LogP contribution in [0.15, 0.2) is 73.1 Å². The lowest BCUT2D eigenvalue weighted by atomic mass is 10.2. The van der Waals surface area contributed by atoms with Gasteiger partial charge in [0.15, 0.2) is 0 Å². The van der Waals surface area contributed by atoms with Gasteiger partial charge in [-0.2, -0.15) is 0 Å². The molecule has 0 fully saturated rings. The first kappa shape index (κ1) is 16.0. The molecule has 5 heteroatoms. The van der Waals surface area contributed by atoms with Crippen LogP contribution in [0.5, 0.6) is 0 Å². The Morgan fingerprint density at radius 3 is 2.46 bits per heavy atom. The van der Waals surface area contributed by atoms with Gasteiger partial charge in [0.05, 0.1) is 17.4 Å². The normalized spacial score (nSPS) is 10.2. The lowest BCUT2D eigenvalue weighted by Gasteiger charge is -2.09. The molecule has 2 N–H and O–H groups in total. The molecule has 0 atom stereocenters. The molecule has 0 saturated carbocycles. The summed E-state index contributed by atoms with van der Waals surface area (Å²) in [6, 6.07) is 18.9. The number of anilines is 2. The fraction of sp³-hybridized carbons (Fsp3) is 0.0526. The lowest BCUT2D eigenvalue weighted by molar-refractivity contribution is 0.0950. The molecule has 0 spiro atoms. The van der Waals surface area contributed by atoms with Crippen LogP contribution in [-0.2, 0) is 6.54 Å². The highest BCUT2D eigenvalue weighted by Crippen LogP contribution is 2.16. The van der Waals surface area contributed by atoms with Gasteiger partial charge < -0.3 is 10.6 Å². The first-order chi connectivity index (χ1) is 11.7. The fourth-order valence-corrected chi connectivity index (χ4v) is 2.33. The van der Waals surface area contributed by atoms with Crippen LogP contribution in [0.4, 0.5) is 11.4 Å². The van der Waals surface area contributed by atoms with Crippen LogP contribution in [0, 0.1) is 0 Å². The highest BCUT2D eigenvalue weighted by Gasteiger charge is 2.07. The number of nitrogens with one attached hydrogen (secondary N) is 2. The van der Waals surface area contributed by atoms with Crippen LogP contribution < -0.4 is 10.6 Å². The number of carbonyl (C=O) groups excluding carboxylic acids is 1. The summed E-state index contributed by atoms with van der Waals surface area (Å²) in [5, 5.41) is 6.77. The van der Waals surface area contributed by atoms with E-state index < -0.39 is 0 Å². The molecule has 0 bridgehead atoms. The monoisotopic (exact) mass is 337 g/mol. The van der Waals surface area contributed by atoms with Crippen LogP contribution in [0.25, 0.3) is 0 Å². The topological polar surface area (TPSA) is 54.0 Å². The van der Waals surface area contributed by atoms with E-state index in [1.54, 1.807) is 30.6 Å². The first-order valence-electron chi connectivity index (χ1n) is 7.50. The largest absolute Gasteiger partial charge is 0.354 e. The van der Waals surface area contributed by atoms with E-state index >= 15 is 0 Å². The molecule has 0 aliphatic carbocycles. The van der Waals surface area contributed by atoms with Gasteiger partial charge in [0.1, 0.15) is 0 Å². The van der Waals surface area contributed by atoms with Crippen LogP contribution in [-0.4, -0.2) is 10.9 Å². The number of nitrogens with zero attached hydrogens (tertiary/aromatic N) is 1. The summed E-state index contributed by atoms with van der Waals surface area (Å²) >= 11 is 5.85. The number of pyridine rings is 1. The number of hydrogen-bond donors (Lipinski definition) is 2. The van der Waals surface area contributed by atoms with Crippen molar-refractivity contribution in [2.45, 2.75) is 6.54 Å². The number of aromatic nitrogens is 1. The minimum absolute atomic E-state index is 0.172. The van der Waals surface area contributed by atoms with Gasteiger partial charge in [-0.3, -0.25) is 9.78 Å². The first-order valence-corrected chi connectivity index (χ1v) is 7.88. The van der Waals surface area contributed by atoms with Crippen molar-refractivity contribution in [1.82, 2.24) is 10.3 Å². The van der Waals surface area contributed by atoms with Gasteiger partial charge in [-0.1, -0.05) is 41.9 Å². The average molecular weight is 338 g/mol. The molecule has 1 heterocycles. The molecule has 1 amide bonds. The summed E-state index contributed by atoms with van der Waals surface area (Å²) in [5.74, 6) is -0.172. The summed E-state index contributed by atoms with van der Waals surface area (Å²) in [4.78, 5) is 16.4. The Morgan fingerprint density at radius 2 is 1.71 bits per heavy atom. The molecule has 24 heavy (non-hydrogen) atoms. The zero-order valence-corrected chi connectivity index (χ0v) is 13.6. The molecule has 3 rings (SSSR count). The number of carbonyl (C=O) groups is 1. The minimum atomic E-state index is -0.172. The SMILES string of the molecule is O=C(NCc1ccc(Cl)cc1)c1cncc(Nc2ccccc2)c1.